The minimum absolute atomic E-state index is 0.239. The fourth-order valence-corrected chi connectivity index (χ4v) is 2.99. The molecule has 0 saturated heterocycles. The van der Waals surface area contributed by atoms with Gasteiger partial charge in [0.05, 0.1) is 0 Å². The number of hydrogen-bond donors (Lipinski definition) is 3. The van der Waals surface area contributed by atoms with Crippen molar-refractivity contribution in [3.05, 3.63) is 90.0 Å². The average molecular weight is 382 g/mol. The maximum absolute atomic E-state index is 13.1. The maximum atomic E-state index is 13.1. The van der Waals surface area contributed by atoms with E-state index in [-0.39, 0.29) is 11.8 Å². The largest absolute Gasteiger partial charge is 0.334 e. The van der Waals surface area contributed by atoms with Crippen LogP contribution in [-0.4, -0.2) is 11.0 Å². The summed E-state index contributed by atoms with van der Waals surface area (Å²) >= 11 is 1.45. The first kappa shape index (κ1) is 18.9. The molecule has 2 amide bonds. The number of benzene rings is 2. The number of anilines is 1. The Labute approximate surface area is 161 Å². The van der Waals surface area contributed by atoms with Gasteiger partial charge in [-0.05, 0) is 71.6 Å². The van der Waals surface area contributed by atoms with Gasteiger partial charge in [-0.15, -0.1) is 0 Å². The van der Waals surface area contributed by atoms with E-state index in [1.165, 1.54) is 24.1 Å². The highest BCUT2D eigenvalue weighted by Crippen LogP contribution is 2.18. The molecule has 27 heavy (non-hydrogen) atoms. The molecule has 1 aromatic heterocycles. The predicted molar refractivity (Wildman–Crippen MR) is 106 cm³/mol. The summed E-state index contributed by atoms with van der Waals surface area (Å²) in [7, 11) is 0. The van der Waals surface area contributed by atoms with Gasteiger partial charge in [-0.2, -0.15) is 0 Å². The molecule has 3 rings (SSSR count). The molecule has 0 fully saturated rings. The molecule has 138 valence electrons. The molecule has 0 radical (unpaired) electrons. The molecule has 3 N–H and O–H groups in total. The zero-order chi connectivity index (χ0) is 18.9. The molecule has 5 nitrogen and oxygen atoms in total. The first-order valence-corrected chi connectivity index (χ1v) is 9.19. The lowest BCUT2D eigenvalue weighted by molar-refractivity contribution is 0.251. The number of rotatable bonds is 7. The van der Waals surface area contributed by atoms with Gasteiger partial charge in [0.15, 0.2) is 0 Å². The number of amides is 2. The molecule has 0 unspecified atom stereocenters. The average Bonchev–Trinajstić information content (AvgIpc) is 2.69. The van der Waals surface area contributed by atoms with Crippen molar-refractivity contribution in [1.82, 2.24) is 15.0 Å². The number of nitrogens with zero attached hydrogens (tertiary/aromatic N) is 1. The smallest absolute Gasteiger partial charge is 0.319 e. The lowest BCUT2D eigenvalue weighted by Crippen LogP contribution is -2.28. The Morgan fingerprint density at radius 1 is 0.963 bits per heavy atom. The summed E-state index contributed by atoms with van der Waals surface area (Å²) < 4.78 is 16.3. The Balaban J connectivity index is 1.42. The molecular weight excluding hydrogens is 363 g/mol. The van der Waals surface area contributed by atoms with Crippen LogP contribution in [0.25, 0.3) is 0 Å². The summed E-state index contributed by atoms with van der Waals surface area (Å²) in [5, 5.41) is 5.58. The van der Waals surface area contributed by atoms with Crippen molar-refractivity contribution in [3.8, 4) is 0 Å². The van der Waals surface area contributed by atoms with Crippen LogP contribution in [0.4, 0.5) is 14.9 Å². The van der Waals surface area contributed by atoms with Crippen molar-refractivity contribution in [1.29, 1.82) is 0 Å². The Hall–Kier alpha value is -2.90. The van der Waals surface area contributed by atoms with Gasteiger partial charge in [-0.25, -0.2) is 9.18 Å². The first-order valence-electron chi connectivity index (χ1n) is 8.37. The van der Waals surface area contributed by atoms with Crippen molar-refractivity contribution in [2.75, 3.05) is 5.32 Å². The van der Waals surface area contributed by atoms with Crippen molar-refractivity contribution in [3.63, 3.8) is 0 Å². The van der Waals surface area contributed by atoms with Crippen LogP contribution in [0.5, 0.6) is 0 Å². The predicted octanol–water partition coefficient (Wildman–Crippen LogP) is 4.34. The molecule has 0 atom stereocenters. The molecule has 0 saturated carbocycles. The molecule has 0 aliphatic carbocycles. The van der Waals surface area contributed by atoms with Crippen LogP contribution in [0, 0.1) is 5.82 Å². The third kappa shape index (κ3) is 6.40. The Kier molecular flexibility index (Phi) is 6.78. The summed E-state index contributed by atoms with van der Waals surface area (Å²) in [5.41, 5.74) is 2.57. The van der Waals surface area contributed by atoms with E-state index >= 15 is 0 Å². The lowest BCUT2D eigenvalue weighted by Gasteiger charge is -2.09. The summed E-state index contributed by atoms with van der Waals surface area (Å²) in [6, 6.07) is 17.4. The molecule has 1 heterocycles. The monoisotopic (exact) mass is 382 g/mol. The van der Waals surface area contributed by atoms with Crippen LogP contribution in [0.1, 0.15) is 11.1 Å². The van der Waals surface area contributed by atoms with Gasteiger partial charge >= 0.3 is 6.03 Å². The highest BCUT2D eigenvalue weighted by atomic mass is 32.2. The zero-order valence-corrected chi connectivity index (χ0v) is 15.3. The van der Waals surface area contributed by atoms with E-state index < -0.39 is 0 Å². The second kappa shape index (κ2) is 9.70. The van der Waals surface area contributed by atoms with Crippen LogP contribution >= 0.6 is 11.9 Å². The van der Waals surface area contributed by atoms with E-state index in [0.717, 1.165) is 16.0 Å². The number of carbonyl (C=O) groups is 1. The topological polar surface area (TPSA) is 66.0 Å². The highest BCUT2D eigenvalue weighted by Gasteiger charge is 2.02. The number of pyridine rings is 1. The minimum Gasteiger partial charge on any atom is -0.334 e. The number of carbonyl (C=O) groups excluding carboxylic acids is 1. The van der Waals surface area contributed by atoms with Crippen LogP contribution in [-0.2, 0) is 13.1 Å². The standard InChI is InChI=1S/C20H19FN4OS/c21-17-3-1-2-16(12-17)14-24-27-19-6-4-18(5-7-19)25-20(26)23-13-15-8-10-22-11-9-15/h1-12,24H,13-14H2,(H2,23,25,26). The van der Waals surface area contributed by atoms with Crippen LogP contribution in [0.2, 0.25) is 0 Å². The molecule has 2 aromatic carbocycles. The fourth-order valence-electron chi connectivity index (χ4n) is 2.31. The van der Waals surface area contributed by atoms with E-state index in [0.29, 0.717) is 18.8 Å². The van der Waals surface area contributed by atoms with Gasteiger partial charge in [0.25, 0.3) is 0 Å². The Bertz CT molecular complexity index is 875. The SMILES string of the molecule is O=C(NCc1ccncc1)Nc1ccc(SNCc2cccc(F)c2)cc1. The van der Waals surface area contributed by atoms with E-state index in [1.54, 1.807) is 18.5 Å². The summed E-state index contributed by atoms with van der Waals surface area (Å²) in [4.78, 5) is 16.9. The number of halogens is 1. The molecule has 0 spiro atoms. The fraction of sp³-hybridized carbons (Fsp3) is 0.100. The molecule has 0 aliphatic rings. The van der Waals surface area contributed by atoms with Crippen LogP contribution in [0.15, 0.2) is 78.0 Å². The van der Waals surface area contributed by atoms with Crippen molar-refractivity contribution >= 4 is 23.7 Å². The van der Waals surface area contributed by atoms with Gasteiger partial charge in [0, 0.05) is 36.1 Å². The third-order valence-electron chi connectivity index (χ3n) is 3.67. The molecule has 0 aliphatic heterocycles. The second-order valence-corrected chi connectivity index (χ2v) is 6.70. The molecule has 7 heteroatoms. The summed E-state index contributed by atoms with van der Waals surface area (Å²) in [5.74, 6) is -0.239. The quantitative estimate of drug-likeness (QED) is 0.532. The summed E-state index contributed by atoms with van der Waals surface area (Å²) in [6.45, 7) is 0.992. The third-order valence-corrected chi connectivity index (χ3v) is 4.47. The zero-order valence-electron chi connectivity index (χ0n) is 14.5. The number of aromatic nitrogens is 1. The first-order chi connectivity index (χ1) is 13.2. The van der Waals surface area contributed by atoms with Crippen LogP contribution in [0.3, 0.4) is 0 Å². The lowest BCUT2D eigenvalue weighted by atomic mass is 10.2. The molecular formula is C20H19FN4OS. The van der Waals surface area contributed by atoms with Crippen molar-refractivity contribution in [2.45, 2.75) is 18.0 Å². The van der Waals surface area contributed by atoms with Gasteiger partial charge < -0.3 is 10.6 Å². The van der Waals surface area contributed by atoms with Gasteiger partial charge in [0.1, 0.15) is 5.82 Å². The van der Waals surface area contributed by atoms with E-state index in [4.69, 9.17) is 0 Å². The van der Waals surface area contributed by atoms with E-state index in [9.17, 15) is 9.18 Å². The van der Waals surface area contributed by atoms with Gasteiger partial charge in [-0.3, -0.25) is 9.71 Å². The number of hydrogen-bond acceptors (Lipinski definition) is 4. The summed E-state index contributed by atoms with van der Waals surface area (Å²) in [6.07, 6.45) is 3.38. The molecule has 0 bridgehead atoms. The normalized spacial score (nSPS) is 10.4. The second-order valence-electron chi connectivity index (χ2n) is 5.74. The highest BCUT2D eigenvalue weighted by molar-refractivity contribution is 7.97. The van der Waals surface area contributed by atoms with Crippen molar-refractivity contribution < 1.29 is 9.18 Å². The Morgan fingerprint density at radius 3 is 2.48 bits per heavy atom. The van der Waals surface area contributed by atoms with E-state index in [1.807, 2.05) is 42.5 Å². The molecule has 3 aromatic rings. The number of nitrogens with one attached hydrogen (secondary N) is 3. The van der Waals surface area contributed by atoms with Gasteiger partial charge in [-0.1, -0.05) is 12.1 Å². The van der Waals surface area contributed by atoms with E-state index in [2.05, 4.69) is 20.3 Å². The maximum Gasteiger partial charge on any atom is 0.319 e. The minimum atomic E-state index is -0.267. The number of urea groups is 1. The Morgan fingerprint density at radius 2 is 1.74 bits per heavy atom. The van der Waals surface area contributed by atoms with Crippen LogP contribution < -0.4 is 15.4 Å². The van der Waals surface area contributed by atoms with Gasteiger partial charge in [0.2, 0.25) is 0 Å². The van der Waals surface area contributed by atoms with Crippen molar-refractivity contribution in [2.24, 2.45) is 0 Å².